The van der Waals surface area contributed by atoms with Crippen molar-refractivity contribution in [2.45, 2.75) is 32.6 Å². The molecule has 1 aliphatic rings. The Morgan fingerprint density at radius 3 is 2.83 bits per heavy atom. The fourth-order valence-corrected chi connectivity index (χ4v) is 2.94. The van der Waals surface area contributed by atoms with Gasteiger partial charge in [-0.15, -0.1) is 0 Å². The zero-order valence-corrected chi connectivity index (χ0v) is 13.4. The summed E-state index contributed by atoms with van der Waals surface area (Å²) in [5.74, 6) is 2.20. The van der Waals surface area contributed by atoms with Crippen LogP contribution in [0, 0.1) is 13.8 Å². The summed E-state index contributed by atoms with van der Waals surface area (Å²) in [4.78, 5) is 31.0. The molecule has 1 amide bonds. The van der Waals surface area contributed by atoms with Crippen molar-refractivity contribution in [1.82, 2.24) is 19.9 Å². The number of hydrogen-bond donors (Lipinski definition) is 1. The van der Waals surface area contributed by atoms with Gasteiger partial charge in [0.1, 0.15) is 17.5 Å². The number of carbonyl (C=O) groups is 1. The molecule has 0 bridgehead atoms. The fourth-order valence-electron chi connectivity index (χ4n) is 2.94. The van der Waals surface area contributed by atoms with Crippen LogP contribution in [0.1, 0.15) is 46.5 Å². The van der Waals surface area contributed by atoms with Crippen molar-refractivity contribution in [1.29, 1.82) is 0 Å². The quantitative estimate of drug-likeness (QED) is 0.919. The van der Waals surface area contributed by atoms with E-state index in [9.17, 15) is 4.79 Å². The molecule has 0 aromatic carbocycles. The van der Waals surface area contributed by atoms with E-state index < -0.39 is 5.91 Å². The number of aryl methyl sites for hydroxylation is 2. The molecule has 0 saturated carbocycles. The smallest absolute Gasteiger partial charge is 0.252 e. The standard InChI is InChI=1S/C16H20N6O/c1-10-13(15(17)23)8-19-16(20-10)12-4-3-7-22(9-12)14-5-6-18-11(2)21-14/h5-6,8,12H,3-4,7,9H2,1-2H3,(H2,17,23). The Balaban J connectivity index is 1.81. The monoisotopic (exact) mass is 312 g/mol. The van der Waals surface area contributed by atoms with Gasteiger partial charge in [-0.1, -0.05) is 0 Å². The summed E-state index contributed by atoms with van der Waals surface area (Å²) in [6, 6.07) is 1.93. The molecule has 0 spiro atoms. The van der Waals surface area contributed by atoms with E-state index in [1.54, 1.807) is 13.1 Å². The molecule has 23 heavy (non-hydrogen) atoms. The third-order valence-corrected chi connectivity index (χ3v) is 4.14. The molecular weight excluding hydrogens is 292 g/mol. The Labute approximate surface area is 135 Å². The van der Waals surface area contributed by atoms with E-state index in [2.05, 4.69) is 24.8 Å². The van der Waals surface area contributed by atoms with Gasteiger partial charge in [-0.2, -0.15) is 0 Å². The lowest BCUT2D eigenvalue weighted by Gasteiger charge is -2.33. The van der Waals surface area contributed by atoms with Crippen molar-refractivity contribution in [3.63, 3.8) is 0 Å². The molecule has 1 atom stereocenters. The zero-order chi connectivity index (χ0) is 16.4. The highest BCUT2D eigenvalue weighted by molar-refractivity contribution is 5.93. The normalized spacial score (nSPS) is 18.0. The van der Waals surface area contributed by atoms with Crippen molar-refractivity contribution in [3.05, 3.63) is 41.4 Å². The van der Waals surface area contributed by atoms with Crippen LogP contribution in [0.25, 0.3) is 0 Å². The van der Waals surface area contributed by atoms with Gasteiger partial charge in [0.05, 0.1) is 11.3 Å². The first-order chi connectivity index (χ1) is 11.0. The van der Waals surface area contributed by atoms with Gasteiger partial charge in [-0.05, 0) is 32.8 Å². The molecule has 1 aliphatic heterocycles. The van der Waals surface area contributed by atoms with Crippen molar-refractivity contribution in [2.24, 2.45) is 5.73 Å². The van der Waals surface area contributed by atoms with Crippen molar-refractivity contribution in [2.75, 3.05) is 18.0 Å². The van der Waals surface area contributed by atoms with Crippen molar-refractivity contribution in [3.8, 4) is 0 Å². The first-order valence-corrected chi connectivity index (χ1v) is 7.72. The van der Waals surface area contributed by atoms with Gasteiger partial charge in [-0.3, -0.25) is 4.79 Å². The molecule has 0 aliphatic carbocycles. The topological polar surface area (TPSA) is 97.9 Å². The van der Waals surface area contributed by atoms with Crippen molar-refractivity contribution >= 4 is 11.7 Å². The molecule has 7 heteroatoms. The predicted octanol–water partition coefficient (Wildman–Crippen LogP) is 1.37. The Hall–Kier alpha value is -2.57. The molecular formula is C16H20N6O. The minimum atomic E-state index is -0.490. The summed E-state index contributed by atoms with van der Waals surface area (Å²) < 4.78 is 0. The maximum absolute atomic E-state index is 11.3. The first-order valence-electron chi connectivity index (χ1n) is 7.72. The number of amides is 1. The number of rotatable bonds is 3. The van der Waals surface area contributed by atoms with E-state index in [1.165, 1.54) is 6.20 Å². The minimum absolute atomic E-state index is 0.222. The number of nitrogens with zero attached hydrogens (tertiary/aromatic N) is 5. The third kappa shape index (κ3) is 3.28. The van der Waals surface area contributed by atoms with Gasteiger partial charge >= 0.3 is 0 Å². The predicted molar refractivity (Wildman–Crippen MR) is 86.2 cm³/mol. The second-order valence-electron chi connectivity index (χ2n) is 5.84. The average molecular weight is 312 g/mol. The third-order valence-electron chi connectivity index (χ3n) is 4.14. The van der Waals surface area contributed by atoms with Crippen LogP contribution in [0.15, 0.2) is 18.5 Å². The number of hydrogen-bond acceptors (Lipinski definition) is 6. The molecule has 2 N–H and O–H groups in total. The Kier molecular flexibility index (Phi) is 4.18. The molecule has 7 nitrogen and oxygen atoms in total. The number of primary amides is 1. The van der Waals surface area contributed by atoms with Crippen LogP contribution in [0.5, 0.6) is 0 Å². The van der Waals surface area contributed by atoms with Crippen LogP contribution in [-0.2, 0) is 0 Å². The molecule has 1 unspecified atom stereocenters. The number of anilines is 1. The van der Waals surface area contributed by atoms with Crippen LogP contribution in [-0.4, -0.2) is 38.9 Å². The summed E-state index contributed by atoms with van der Waals surface area (Å²) in [6.07, 6.45) is 5.39. The largest absolute Gasteiger partial charge is 0.365 e. The molecule has 1 saturated heterocycles. The van der Waals surface area contributed by atoms with E-state index >= 15 is 0 Å². The van der Waals surface area contributed by atoms with Gasteiger partial charge in [0.25, 0.3) is 5.91 Å². The van der Waals surface area contributed by atoms with E-state index in [0.717, 1.165) is 43.4 Å². The fraction of sp³-hybridized carbons (Fsp3) is 0.438. The van der Waals surface area contributed by atoms with Gasteiger partial charge in [0.2, 0.25) is 0 Å². The van der Waals surface area contributed by atoms with Gasteiger partial charge in [0.15, 0.2) is 0 Å². The van der Waals surface area contributed by atoms with Gasteiger partial charge in [0, 0.05) is 31.4 Å². The van der Waals surface area contributed by atoms with E-state index in [1.807, 2.05) is 13.0 Å². The van der Waals surface area contributed by atoms with Crippen LogP contribution < -0.4 is 10.6 Å². The summed E-state index contributed by atoms with van der Waals surface area (Å²) in [5, 5.41) is 0. The lowest BCUT2D eigenvalue weighted by molar-refractivity contribution is 0.0999. The Morgan fingerprint density at radius 1 is 1.30 bits per heavy atom. The molecule has 3 heterocycles. The lowest BCUT2D eigenvalue weighted by Crippen LogP contribution is -2.35. The summed E-state index contributed by atoms with van der Waals surface area (Å²) >= 11 is 0. The number of aromatic nitrogens is 4. The highest BCUT2D eigenvalue weighted by Gasteiger charge is 2.25. The second-order valence-corrected chi connectivity index (χ2v) is 5.84. The molecule has 2 aromatic rings. The number of piperidine rings is 1. The summed E-state index contributed by atoms with van der Waals surface area (Å²) in [6.45, 7) is 5.46. The van der Waals surface area contributed by atoms with Gasteiger partial charge < -0.3 is 10.6 Å². The Morgan fingerprint density at radius 2 is 2.13 bits per heavy atom. The number of nitrogens with two attached hydrogens (primary N) is 1. The Bertz CT molecular complexity index is 732. The van der Waals surface area contributed by atoms with Crippen LogP contribution in [0.4, 0.5) is 5.82 Å². The van der Waals surface area contributed by atoms with Crippen LogP contribution in [0.3, 0.4) is 0 Å². The zero-order valence-electron chi connectivity index (χ0n) is 13.4. The summed E-state index contributed by atoms with van der Waals surface area (Å²) in [7, 11) is 0. The van der Waals surface area contributed by atoms with Crippen molar-refractivity contribution < 1.29 is 4.79 Å². The van der Waals surface area contributed by atoms with E-state index in [4.69, 9.17) is 5.73 Å². The molecule has 1 fully saturated rings. The van der Waals surface area contributed by atoms with E-state index in [-0.39, 0.29) is 5.92 Å². The SMILES string of the molecule is Cc1nccc(N2CCCC(c3ncc(C(N)=O)c(C)n3)C2)n1. The average Bonchev–Trinajstić information content (AvgIpc) is 2.54. The molecule has 3 rings (SSSR count). The number of carbonyl (C=O) groups excluding carboxylic acids is 1. The van der Waals surface area contributed by atoms with Crippen LogP contribution in [0.2, 0.25) is 0 Å². The highest BCUT2D eigenvalue weighted by atomic mass is 16.1. The van der Waals surface area contributed by atoms with Crippen LogP contribution >= 0.6 is 0 Å². The molecule has 2 aromatic heterocycles. The maximum Gasteiger partial charge on any atom is 0.252 e. The summed E-state index contributed by atoms with van der Waals surface area (Å²) in [5.41, 5.74) is 6.33. The van der Waals surface area contributed by atoms with Gasteiger partial charge in [-0.25, -0.2) is 19.9 Å². The second kappa shape index (κ2) is 6.28. The maximum atomic E-state index is 11.3. The lowest BCUT2D eigenvalue weighted by atomic mass is 9.97. The molecule has 0 radical (unpaired) electrons. The van der Waals surface area contributed by atoms with E-state index in [0.29, 0.717) is 11.3 Å². The first kappa shape index (κ1) is 15.3. The highest BCUT2D eigenvalue weighted by Crippen LogP contribution is 2.27. The molecule has 120 valence electrons. The minimum Gasteiger partial charge on any atom is -0.365 e.